The molecular weight excluding hydrogens is 558 g/mol. The van der Waals surface area contributed by atoms with Gasteiger partial charge in [0.2, 0.25) is 17.7 Å². The summed E-state index contributed by atoms with van der Waals surface area (Å²) in [5.41, 5.74) is 6.97. The van der Waals surface area contributed by atoms with E-state index < -0.39 is 0 Å². The van der Waals surface area contributed by atoms with Gasteiger partial charge < -0.3 is 35.1 Å². The molecule has 12 heteroatoms. The zero-order chi connectivity index (χ0) is 29.5. The van der Waals surface area contributed by atoms with Gasteiger partial charge in [0.05, 0.1) is 31.5 Å². The molecule has 1 amide bonds. The van der Waals surface area contributed by atoms with E-state index in [0.717, 1.165) is 51.1 Å². The number of ether oxygens (including phenoxy) is 3. The lowest BCUT2D eigenvalue weighted by Crippen LogP contribution is -2.40. The molecule has 0 radical (unpaired) electrons. The van der Waals surface area contributed by atoms with Gasteiger partial charge in [0.1, 0.15) is 11.7 Å². The first-order valence-electron chi connectivity index (χ1n) is 14.0. The van der Waals surface area contributed by atoms with Crippen molar-refractivity contribution in [2.75, 3.05) is 57.2 Å². The van der Waals surface area contributed by atoms with Crippen LogP contribution in [0, 0.1) is 5.92 Å². The van der Waals surface area contributed by atoms with E-state index in [4.69, 9.17) is 41.5 Å². The first-order chi connectivity index (χ1) is 20.4. The van der Waals surface area contributed by atoms with Crippen LogP contribution in [0.4, 0.5) is 17.5 Å². The number of carbonyl (C=O) groups is 1. The molecule has 0 atom stereocenters. The number of methoxy groups -OCH3 is 2. The van der Waals surface area contributed by atoms with Crippen molar-refractivity contribution in [3.05, 3.63) is 53.6 Å². The van der Waals surface area contributed by atoms with E-state index >= 15 is 0 Å². The first-order valence-corrected chi connectivity index (χ1v) is 14.4. The van der Waals surface area contributed by atoms with Crippen molar-refractivity contribution in [3.8, 4) is 23.1 Å². The summed E-state index contributed by atoms with van der Waals surface area (Å²) in [4.78, 5) is 30.2. The number of carbonyl (C=O) groups excluding carboxylic acids is 1. The van der Waals surface area contributed by atoms with Crippen LogP contribution in [-0.4, -0.2) is 73.6 Å². The minimum atomic E-state index is 0.269. The Balaban J connectivity index is 1.34. The number of hydrogen-bond donors (Lipinski definition) is 2. The average molecular weight is 594 g/mol. The SMILES string of the molecule is COc1cc(Cl)c(Oc2cc(NCC(N)=Nc3ccccc3)nc(N3CCC(CN4CCCC4=O)CC3)n2)cc1OC. The van der Waals surface area contributed by atoms with Crippen molar-refractivity contribution in [1.29, 1.82) is 0 Å². The van der Waals surface area contributed by atoms with E-state index in [1.165, 1.54) is 0 Å². The van der Waals surface area contributed by atoms with Crippen molar-refractivity contribution < 1.29 is 19.0 Å². The molecule has 2 aliphatic rings. The molecule has 2 aromatic carbocycles. The standard InChI is InChI=1S/C30H36ClN7O4/c1-40-24-15-22(31)23(16-25(24)41-2)42-28-17-27(33-18-26(32)34-21-7-4-3-5-8-21)35-30(36-28)37-13-10-20(11-14-37)19-38-12-6-9-29(38)39/h3-5,7-8,15-17,20H,6,9-14,18-19H2,1-2H3,(H2,32,34)(H,33,35,36). The summed E-state index contributed by atoms with van der Waals surface area (Å²) < 4.78 is 16.9. The molecule has 0 saturated carbocycles. The Kier molecular flexibility index (Phi) is 9.48. The highest BCUT2D eigenvalue weighted by molar-refractivity contribution is 6.32. The Bertz CT molecular complexity index is 1410. The Morgan fingerprint density at radius 3 is 2.48 bits per heavy atom. The second-order valence-corrected chi connectivity index (χ2v) is 10.7. The number of amidine groups is 1. The van der Waals surface area contributed by atoms with Gasteiger partial charge in [-0.25, -0.2) is 4.99 Å². The summed E-state index contributed by atoms with van der Waals surface area (Å²) in [5.74, 6) is 3.84. The van der Waals surface area contributed by atoms with Gasteiger partial charge in [0.15, 0.2) is 17.2 Å². The minimum absolute atomic E-state index is 0.269. The fourth-order valence-electron chi connectivity index (χ4n) is 5.14. The number of aromatic nitrogens is 2. The maximum atomic E-state index is 12.1. The highest BCUT2D eigenvalue weighted by atomic mass is 35.5. The zero-order valence-electron chi connectivity index (χ0n) is 23.9. The summed E-state index contributed by atoms with van der Waals surface area (Å²) in [5, 5.41) is 3.60. The molecule has 3 aromatic rings. The Labute approximate surface area is 250 Å². The minimum Gasteiger partial charge on any atom is -0.493 e. The number of halogens is 1. The third-order valence-electron chi connectivity index (χ3n) is 7.37. The van der Waals surface area contributed by atoms with Crippen LogP contribution >= 0.6 is 11.6 Å². The fraction of sp³-hybridized carbons (Fsp3) is 0.400. The molecule has 0 bridgehead atoms. The van der Waals surface area contributed by atoms with E-state index in [9.17, 15) is 4.79 Å². The number of nitrogens with zero attached hydrogens (tertiary/aromatic N) is 5. The quantitative estimate of drug-likeness (QED) is 0.236. The van der Waals surface area contributed by atoms with Gasteiger partial charge in [0, 0.05) is 50.8 Å². The Morgan fingerprint density at radius 2 is 1.79 bits per heavy atom. The third-order valence-corrected chi connectivity index (χ3v) is 7.67. The van der Waals surface area contributed by atoms with E-state index in [1.807, 2.05) is 35.2 Å². The number of rotatable bonds is 11. The van der Waals surface area contributed by atoms with E-state index in [1.54, 1.807) is 32.4 Å². The maximum absolute atomic E-state index is 12.1. The molecule has 42 heavy (non-hydrogen) atoms. The predicted molar refractivity (Wildman–Crippen MR) is 164 cm³/mol. The number of likely N-dealkylation sites (tertiary alicyclic amines) is 1. The molecule has 2 fully saturated rings. The number of anilines is 2. The normalized spacial score (nSPS) is 16.1. The average Bonchev–Trinajstić information content (AvgIpc) is 3.41. The number of amides is 1. The lowest BCUT2D eigenvalue weighted by molar-refractivity contribution is -0.128. The number of benzene rings is 2. The summed E-state index contributed by atoms with van der Waals surface area (Å²) >= 11 is 6.50. The van der Waals surface area contributed by atoms with Crippen LogP contribution in [0.3, 0.4) is 0 Å². The molecule has 3 heterocycles. The smallest absolute Gasteiger partial charge is 0.230 e. The summed E-state index contributed by atoms with van der Waals surface area (Å²) in [6, 6.07) is 14.5. The second kappa shape index (κ2) is 13.6. The van der Waals surface area contributed by atoms with Crippen LogP contribution < -0.4 is 30.2 Å². The number of nitrogens with two attached hydrogens (primary N) is 1. The largest absolute Gasteiger partial charge is 0.493 e. The molecule has 2 aliphatic heterocycles. The third kappa shape index (κ3) is 7.33. The van der Waals surface area contributed by atoms with Crippen molar-refractivity contribution in [1.82, 2.24) is 14.9 Å². The van der Waals surface area contributed by atoms with Gasteiger partial charge in [-0.15, -0.1) is 0 Å². The molecule has 3 N–H and O–H groups in total. The van der Waals surface area contributed by atoms with Crippen molar-refractivity contribution in [3.63, 3.8) is 0 Å². The molecular formula is C30H36ClN7O4. The summed E-state index contributed by atoms with van der Waals surface area (Å²) in [7, 11) is 3.09. The van der Waals surface area contributed by atoms with E-state index in [2.05, 4.69) is 15.2 Å². The van der Waals surface area contributed by atoms with Crippen LogP contribution in [0.25, 0.3) is 0 Å². The van der Waals surface area contributed by atoms with Crippen LogP contribution in [-0.2, 0) is 4.79 Å². The van der Waals surface area contributed by atoms with Crippen molar-refractivity contribution in [2.24, 2.45) is 16.6 Å². The van der Waals surface area contributed by atoms with Gasteiger partial charge >= 0.3 is 0 Å². The van der Waals surface area contributed by atoms with Gasteiger partial charge in [-0.1, -0.05) is 29.8 Å². The Hall–Kier alpha value is -4.25. The van der Waals surface area contributed by atoms with E-state index in [0.29, 0.717) is 58.1 Å². The summed E-state index contributed by atoms with van der Waals surface area (Å²) in [6.45, 7) is 3.50. The highest BCUT2D eigenvalue weighted by Gasteiger charge is 2.27. The molecule has 0 aliphatic carbocycles. The number of nitrogens with one attached hydrogen (secondary N) is 1. The molecule has 0 unspecified atom stereocenters. The lowest BCUT2D eigenvalue weighted by atomic mass is 9.96. The Morgan fingerprint density at radius 1 is 1.05 bits per heavy atom. The van der Waals surface area contributed by atoms with Crippen LogP contribution in [0.2, 0.25) is 5.02 Å². The maximum Gasteiger partial charge on any atom is 0.230 e. The van der Waals surface area contributed by atoms with Crippen LogP contribution in [0.15, 0.2) is 53.5 Å². The number of hydrogen-bond acceptors (Lipinski definition) is 9. The fourth-order valence-corrected chi connectivity index (χ4v) is 5.33. The van der Waals surface area contributed by atoms with Crippen molar-refractivity contribution in [2.45, 2.75) is 25.7 Å². The predicted octanol–water partition coefficient (Wildman–Crippen LogP) is 4.88. The molecule has 222 valence electrons. The van der Waals surface area contributed by atoms with Crippen molar-refractivity contribution >= 4 is 40.8 Å². The van der Waals surface area contributed by atoms with Gasteiger partial charge in [-0.2, -0.15) is 9.97 Å². The molecule has 1 aromatic heterocycles. The van der Waals surface area contributed by atoms with Crippen LogP contribution in [0.5, 0.6) is 23.1 Å². The topological polar surface area (TPSA) is 127 Å². The first kappa shape index (κ1) is 29.2. The second-order valence-electron chi connectivity index (χ2n) is 10.3. The number of piperidine rings is 1. The van der Waals surface area contributed by atoms with Gasteiger partial charge in [-0.3, -0.25) is 4.79 Å². The number of aliphatic imine (C=N–C) groups is 1. The highest BCUT2D eigenvalue weighted by Crippen LogP contribution is 2.39. The lowest BCUT2D eigenvalue weighted by Gasteiger charge is -2.34. The molecule has 11 nitrogen and oxygen atoms in total. The summed E-state index contributed by atoms with van der Waals surface area (Å²) in [6.07, 6.45) is 3.51. The molecule has 5 rings (SSSR count). The van der Waals surface area contributed by atoms with E-state index in [-0.39, 0.29) is 12.5 Å². The molecule has 2 saturated heterocycles. The molecule has 0 spiro atoms. The zero-order valence-corrected chi connectivity index (χ0v) is 24.6. The monoisotopic (exact) mass is 593 g/mol. The number of para-hydroxylation sites is 1. The van der Waals surface area contributed by atoms with Crippen LogP contribution in [0.1, 0.15) is 25.7 Å². The van der Waals surface area contributed by atoms with Gasteiger partial charge in [-0.05, 0) is 37.3 Å². The van der Waals surface area contributed by atoms with Gasteiger partial charge in [0.25, 0.3) is 0 Å².